The van der Waals surface area contributed by atoms with Gasteiger partial charge in [0.05, 0.1) is 16.8 Å². The number of rotatable bonds is 5. The first-order valence-electron chi connectivity index (χ1n) is 7.05. The van der Waals surface area contributed by atoms with Crippen LogP contribution in [0.15, 0.2) is 16.8 Å². The van der Waals surface area contributed by atoms with Crippen LogP contribution in [0.1, 0.15) is 42.7 Å². The Morgan fingerprint density at radius 1 is 1.38 bits per heavy atom. The van der Waals surface area contributed by atoms with E-state index in [-0.39, 0.29) is 5.78 Å². The van der Waals surface area contributed by atoms with E-state index in [1.54, 1.807) is 11.7 Å². The molecule has 0 radical (unpaired) electrons. The monoisotopic (exact) mass is 287 g/mol. The molecule has 0 saturated heterocycles. The summed E-state index contributed by atoms with van der Waals surface area (Å²) in [7, 11) is 0. The Labute approximate surface area is 121 Å². The third kappa shape index (κ3) is 2.07. The molecule has 3 rings (SSSR count). The average molecular weight is 287 g/mol. The lowest BCUT2D eigenvalue weighted by Gasteiger charge is -2.09. The van der Waals surface area contributed by atoms with E-state index < -0.39 is 0 Å². The Bertz CT molecular complexity index is 816. The van der Waals surface area contributed by atoms with Crippen LogP contribution in [0.2, 0.25) is 0 Å². The molecule has 1 aromatic carbocycles. The van der Waals surface area contributed by atoms with Crippen molar-refractivity contribution in [2.75, 3.05) is 6.61 Å². The smallest absolute Gasteiger partial charge is 0.162 e. The highest BCUT2D eigenvalue weighted by atomic mass is 16.7. The van der Waals surface area contributed by atoms with Gasteiger partial charge in [0.15, 0.2) is 5.78 Å². The highest BCUT2D eigenvalue weighted by Crippen LogP contribution is 2.31. The maximum Gasteiger partial charge on any atom is 0.162 e. The number of hydrogen-bond acceptors (Lipinski definition) is 5. The molecule has 3 aromatic rings. The van der Waals surface area contributed by atoms with E-state index in [4.69, 9.17) is 9.47 Å². The summed E-state index contributed by atoms with van der Waals surface area (Å²) in [5, 5.41) is 8.52. The van der Waals surface area contributed by atoms with Crippen LogP contribution in [0, 0.1) is 6.92 Å². The van der Waals surface area contributed by atoms with E-state index >= 15 is 0 Å². The molecular formula is C15H17N3O3. The third-order valence-electron chi connectivity index (χ3n) is 3.61. The van der Waals surface area contributed by atoms with Crippen molar-refractivity contribution in [1.82, 2.24) is 15.0 Å². The van der Waals surface area contributed by atoms with Crippen molar-refractivity contribution in [3.63, 3.8) is 0 Å². The second-order valence-corrected chi connectivity index (χ2v) is 5.09. The molecule has 2 heterocycles. The third-order valence-corrected chi connectivity index (χ3v) is 3.61. The summed E-state index contributed by atoms with van der Waals surface area (Å²) in [5.41, 5.74) is 3.44. The predicted octanol–water partition coefficient (Wildman–Crippen LogP) is 2.92. The SMILES string of the molecule is CCCCOn1c(C)c(C(C)=O)c2c3nonc3ccc21. The lowest BCUT2D eigenvalue weighted by Crippen LogP contribution is -2.14. The van der Waals surface area contributed by atoms with Crippen molar-refractivity contribution in [3.05, 3.63) is 23.4 Å². The molecule has 0 N–H and O–H groups in total. The van der Waals surface area contributed by atoms with Crippen LogP contribution in [-0.2, 0) is 0 Å². The molecule has 0 spiro atoms. The highest BCUT2D eigenvalue weighted by Gasteiger charge is 2.22. The number of benzene rings is 1. The first-order valence-corrected chi connectivity index (χ1v) is 7.05. The molecule has 0 aliphatic heterocycles. The number of carbonyl (C=O) groups is 1. The van der Waals surface area contributed by atoms with Gasteiger partial charge in [0, 0.05) is 5.39 Å². The zero-order chi connectivity index (χ0) is 15.0. The van der Waals surface area contributed by atoms with Crippen molar-refractivity contribution in [3.8, 4) is 0 Å². The van der Waals surface area contributed by atoms with Gasteiger partial charge in [-0.1, -0.05) is 13.3 Å². The minimum Gasteiger partial charge on any atom is -0.414 e. The summed E-state index contributed by atoms with van der Waals surface area (Å²) in [6, 6.07) is 3.70. The van der Waals surface area contributed by atoms with Gasteiger partial charge in [-0.25, -0.2) is 4.63 Å². The topological polar surface area (TPSA) is 70.2 Å². The van der Waals surface area contributed by atoms with Crippen molar-refractivity contribution in [2.24, 2.45) is 0 Å². The van der Waals surface area contributed by atoms with Crippen LogP contribution in [0.3, 0.4) is 0 Å². The van der Waals surface area contributed by atoms with Gasteiger partial charge in [0.2, 0.25) is 0 Å². The summed E-state index contributed by atoms with van der Waals surface area (Å²) in [6.45, 7) is 6.13. The summed E-state index contributed by atoms with van der Waals surface area (Å²) in [5.74, 6) is -0.0224. The van der Waals surface area contributed by atoms with Crippen LogP contribution in [0.5, 0.6) is 0 Å². The number of Topliss-reactive ketones (excluding diaryl/α,β-unsaturated/α-hetero) is 1. The Hall–Kier alpha value is -2.37. The van der Waals surface area contributed by atoms with Gasteiger partial charge in [-0.2, -0.15) is 4.73 Å². The molecule has 110 valence electrons. The fourth-order valence-electron chi connectivity index (χ4n) is 2.62. The van der Waals surface area contributed by atoms with Gasteiger partial charge in [-0.3, -0.25) is 4.79 Å². The van der Waals surface area contributed by atoms with Gasteiger partial charge in [0.25, 0.3) is 0 Å². The number of unbranched alkanes of at least 4 members (excludes halogenated alkanes) is 1. The van der Waals surface area contributed by atoms with Crippen LogP contribution in [-0.4, -0.2) is 27.4 Å². The highest BCUT2D eigenvalue weighted by molar-refractivity contribution is 6.16. The molecule has 0 aliphatic rings. The predicted molar refractivity (Wildman–Crippen MR) is 78.4 cm³/mol. The maximum atomic E-state index is 12.0. The van der Waals surface area contributed by atoms with Gasteiger partial charge in [0.1, 0.15) is 17.6 Å². The first-order chi connectivity index (χ1) is 10.1. The second-order valence-electron chi connectivity index (χ2n) is 5.09. The van der Waals surface area contributed by atoms with Crippen LogP contribution in [0.25, 0.3) is 21.9 Å². The Morgan fingerprint density at radius 2 is 2.19 bits per heavy atom. The largest absolute Gasteiger partial charge is 0.414 e. The Balaban J connectivity index is 2.28. The normalized spacial score (nSPS) is 11.4. The summed E-state index contributed by atoms with van der Waals surface area (Å²) >= 11 is 0. The van der Waals surface area contributed by atoms with Gasteiger partial charge >= 0.3 is 0 Å². The lowest BCUT2D eigenvalue weighted by molar-refractivity contribution is 0.0996. The minimum absolute atomic E-state index is 0.0224. The number of aromatic nitrogens is 3. The fraction of sp³-hybridized carbons (Fsp3) is 0.400. The summed E-state index contributed by atoms with van der Waals surface area (Å²) in [6.07, 6.45) is 2.01. The Morgan fingerprint density at radius 3 is 2.90 bits per heavy atom. The standard InChI is InChI=1S/C15H17N3O3/c1-4-5-8-20-18-9(2)13(10(3)19)14-12(18)7-6-11-15(14)17-21-16-11/h6-7H,4-5,8H2,1-3H3. The molecule has 6 nitrogen and oxygen atoms in total. The molecule has 21 heavy (non-hydrogen) atoms. The quantitative estimate of drug-likeness (QED) is 0.533. The van der Waals surface area contributed by atoms with E-state index in [9.17, 15) is 4.79 Å². The Kier molecular flexibility index (Phi) is 3.37. The number of carbonyl (C=O) groups excluding carboxylic acids is 1. The molecule has 6 heteroatoms. The molecule has 0 bridgehead atoms. The molecular weight excluding hydrogens is 270 g/mol. The number of fused-ring (bicyclic) bond motifs is 3. The fourth-order valence-corrected chi connectivity index (χ4v) is 2.62. The summed E-state index contributed by atoms with van der Waals surface area (Å²) < 4.78 is 6.51. The zero-order valence-corrected chi connectivity index (χ0v) is 12.3. The maximum absolute atomic E-state index is 12.0. The van der Waals surface area contributed by atoms with E-state index in [1.165, 1.54) is 0 Å². The van der Waals surface area contributed by atoms with Crippen LogP contribution in [0.4, 0.5) is 0 Å². The van der Waals surface area contributed by atoms with Crippen LogP contribution < -0.4 is 4.84 Å². The van der Waals surface area contributed by atoms with E-state index in [1.807, 2.05) is 19.1 Å². The van der Waals surface area contributed by atoms with Gasteiger partial charge in [-0.05, 0) is 42.7 Å². The molecule has 0 atom stereocenters. The molecule has 0 aliphatic carbocycles. The van der Waals surface area contributed by atoms with Crippen LogP contribution >= 0.6 is 0 Å². The second kappa shape index (κ2) is 5.20. The van der Waals surface area contributed by atoms with Crippen molar-refractivity contribution < 1.29 is 14.3 Å². The minimum atomic E-state index is -0.0224. The molecule has 0 saturated carbocycles. The molecule has 2 aromatic heterocycles. The lowest BCUT2D eigenvalue weighted by atomic mass is 10.1. The number of ketones is 1. The van der Waals surface area contributed by atoms with Crippen molar-refractivity contribution in [2.45, 2.75) is 33.6 Å². The number of hydrogen-bond donors (Lipinski definition) is 0. The number of nitrogens with zero attached hydrogens (tertiary/aromatic N) is 3. The van der Waals surface area contributed by atoms with Gasteiger partial charge < -0.3 is 4.84 Å². The van der Waals surface area contributed by atoms with Gasteiger partial charge in [-0.15, -0.1) is 0 Å². The molecule has 0 fully saturated rings. The molecule has 0 amide bonds. The molecule has 0 unspecified atom stereocenters. The first kappa shape index (κ1) is 13.6. The van der Waals surface area contributed by atoms with E-state index in [0.29, 0.717) is 23.2 Å². The zero-order valence-electron chi connectivity index (χ0n) is 12.3. The average Bonchev–Trinajstić information content (AvgIpc) is 3.01. The van der Waals surface area contributed by atoms with E-state index in [0.717, 1.165) is 29.4 Å². The van der Waals surface area contributed by atoms with E-state index in [2.05, 4.69) is 17.2 Å². The van der Waals surface area contributed by atoms with Crippen molar-refractivity contribution in [1.29, 1.82) is 0 Å². The summed E-state index contributed by atoms with van der Waals surface area (Å²) in [4.78, 5) is 17.9. The van der Waals surface area contributed by atoms with Crippen molar-refractivity contribution >= 4 is 27.7 Å².